The first-order valence-corrected chi connectivity index (χ1v) is 5.81. The predicted octanol–water partition coefficient (Wildman–Crippen LogP) is 2.80. The van der Waals surface area contributed by atoms with E-state index in [1.54, 1.807) is 12.1 Å². The molecule has 0 aliphatic rings. The van der Waals surface area contributed by atoms with Crippen LogP contribution in [0, 0.1) is 17.0 Å². The molecule has 1 heterocycles. The highest BCUT2D eigenvalue weighted by Crippen LogP contribution is 2.30. The molecule has 0 saturated carbocycles. The third-order valence-corrected chi connectivity index (χ3v) is 3.17. The first-order chi connectivity index (χ1) is 8.56. The summed E-state index contributed by atoms with van der Waals surface area (Å²) in [5.41, 5.74) is 5.64. The molecule has 0 aliphatic heterocycles. The summed E-state index contributed by atoms with van der Waals surface area (Å²) < 4.78 is 26.2. The zero-order chi connectivity index (χ0) is 13.1. The number of nitrogens with two attached hydrogens (primary N) is 1. The highest BCUT2D eigenvalue weighted by Gasteiger charge is 2.07. The zero-order valence-electron chi connectivity index (χ0n) is 9.15. The van der Waals surface area contributed by atoms with E-state index in [9.17, 15) is 8.78 Å². The molecule has 0 radical (unpaired) electrons. The highest BCUT2D eigenvalue weighted by atomic mass is 32.2. The fourth-order valence-electron chi connectivity index (χ4n) is 1.31. The largest absolute Gasteiger partial charge is 0.382 e. The molecular weight excluding hydrogens is 256 g/mol. The standard InChI is InChI=1S/C12H9F2N3S/c13-7-1-2-11(9(14)5-7)18-8-3-4-17-10(6-8)12(15)16/h1-6H,(H3,15,16). The summed E-state index contributed by atoms with van der Waals surface area (Å²) >= 11 is 1.12. The molecule has 6 heteroatoms. The van der Waals surface area contributed by atoms with Crippen molar-refractivity contribution in [2.75, 3.05) is 0 Å². The fraction of sp³-hybridized carbons (Fsp3) is 0. The Bertz CT molecular complexity index is 602. The van der Waals surface area contributed by atoms with Crippen molar-refractivity contribution in [3.8, 4) is 0 Å². The number of nitrogen functional groups attached to an aromatic ring is 1. The number of benzene rings is 1. The van der Waals surface area contributed by atoms with Crippen molar-refractivity contribution >= 4 is 17.6 Å². The van der Waals surface area contributed by atoms with Crippen LogP contribution in [0.15, 0.2) is 46.3 Å². The maximum atomic E-state index is 13.5. The van der Waals surface area contributed by atoms with Gasteiger partial charge in [0, 0.05) is 22.1 Å². The van der Waals surface area contributed by atoms with Crippen LogP contribution < -0.4 is 5.73 Å². The summed E-state index contributed by atoms with van der Waals surface area (Å²) in [5.74, 6) is -1.39. The van der Waals surface area contributed by atoms with Gasteiger partial charge in [-0.25, -0.2) is 8.78 Å². The van der Waals surface area contributed by atoms with Gasteiger partial charge in [0.25, 0.3) is 0 Å². The van der Waals surface area contributed by atoms with E-state index in [1.165, 1.54) is 18.3 Å². The van der Waals surface area contributed by atoms with Crippen LogP contribution in [0.25, 0.3) is 0 Å². The van der Waals surface area contributed by atoms with Gasteiger partial charge in [-0.2, -0.15) is 0 Å². The van der Waals surface area contributed by atoms with Gasteiger partial charge in [-0.1, -0.05) is 11.8 Å². The molecule has 1 aromatic carbocycles. The average molecular weight is 265 g/mol. The number of nitrogens with one attached hydrogen (secondary N) is 1. The van der Waals surface area contributed by atoms with E-state index in [1.807, 2.05) is 0 Å². The Labute approximate surface area is 107 Å². The Hall–Kier alpha value is -1.95. The monoisotopic (exact) mass is 265 g/mol. The number of amidine groups is 1. The first-order valence-electron chi connectivity index (χ1n) is 4.99. The van der Waals surface area contributed by atoms with Crippen molar-refractivity contribution in [3.63, 3.8) is 0 Å². The third-order valence-electron chi connectivity index (χ3n) is 2.13. The van der Waals surface area contributed by atoms with E-state index in [-0.39, 0.29) is 5.84 Å². The van der Waals surface area contributed by atoms with Crippen LogP contribution >= 0.6 is 11.8 Å². The van der Waals surface area contributed by atoms with Crippen molar-refractivity contribution in [3.05, 3.63) is 53.9 Å². The summed E-state index contributed by atoms with van der Waals surface area (Å²) in [6, 6.07) is 6.63. The van der Waals surface area contributed by atoms with Gasteiger partial charge in [0.1, 0.15) is 23.2 Å². The molecule has 0 unspecified atom stereocenters. The van der Waals surface area contributed by atoms with E-state index in [4.69, 9.17) is 11.1 Å². The topological polar surface area (TPSA) is 62.8 Å². The lowest BCUT2D eigenvalue weighted by atomic mass is 10.3. The van der Waals surface area contributed by atoms with Crippen LogP contribution in [0.2, 0.25) is 0 Å². The third kappa shape index (κ3) is 2.84. The number of hydrogen-bond donors (Lipinski definition) is 2. The SMILES string of the molecule is N=C(N)c1cc(Sc2ccc(F)cc2F)ccn1. The van der Waals surface area contributed by atoms with Crippen LogP contribution in [-0.2, 0) is 0 Å². The lowest BCUT2D eigenvalue weighted by Crippen LogP contribution is -2.12. The normalized spacial score (nSPS) is 10.3. The molecule has 0 bridgehead atoms. The number of aromatic nitrogens is 1. The number of nitrogens with zero attached hydrogens (tertiary/aromatic N) is 1. The minimum Gasteiger partial charge on any atom is -0.382 e. The molecule has 3 nitrogen and oxygen atoms in total. The van der Waals surface area contributed by atoms with Crippen LogP contribution in [0.5, 0.6) is 0 Å². The Morgan fingerprint density at radius 2 is 2.00 bits per heavy atom. The molecular formula is C12H9F2N3S. The van der Waals surface area contributed by atoms with Gasteiger partial charge in [0.05, 0.1) is 0 Å². The summed E-state index contributed by atoms with van der Waals surface area (Å²) in [6.07, 6.45) is 1.49. The number of rotatable bonds is 3. The quantitative estimate of drug-likeness (QED) is 0.662. The first kappa shape index (κ1) is 12.5. The van der Waals surface area contributed by atoms with Crippen LogP contribution in [-0.4, -0.2) is 10.8 Å². The van der Waals surface area contributed by atoms with Gasteiger partial charge in [-0.05, 0) is 24.3 Å². The Morgan fingerprint density at radius 1 is 1.22 bits per heavy atom. The van der Waals surface area contributed by atoms with E-state index < -0.39 is 11.6 Å². The molecule has 1 aromatic heterocycles. The number of hydrogen-bond acceptors (Lipinski definition) is 3. The predicted molar refractivity (Wildman–Crippen MR) is 65.7 cm³/mol. The molecule has 2 aromatic rings. The van der Waals surface area contributed by atoms with Crippen molar-refractivity contribution < 1.29 is 8.78 Å². The van der Waals surface area contributed by atoms with Crippen LogP contribution in [0.1, 0.15) is 5.69 Å². The van der Waals surface area contributed by atoms with E-state index in [0.29, 0.717) is 15.5 Å². The van der Waals surface area contributed by atoms with Gasteiger partial charge >= 0.3 is 0 Å². The molecule has 0 atom stereocenters. The van der Waals surface area contributed by atoms with E-state index >= 15 is 0 Å². The summed E-state index contributed by atoms with van der Waals surface area (Å²) in [6.45, 7) is 0. The average Bonchev–Trinajstić information content (AvgIpc) is 2.33. The molecule has 3 N–H and O–H groups in total. The maximum Gasteiger partial charge on any atom is 0.141 e. The van der Waals surface area contributed by atoms with E-state index in [0.717, 1.165) is 17.8 Å². The molecule has 2 rings (SSSR count). The van der Waals surface area contributed by atoms with Gasteiger partial charge in [-0.3, -0.25) is 10.4 Å². The summed E-state index contributed by atoms with van der Waals surface area (Å²) in [7, 11) is 0. The Balaban J connectivity index is 2.28. The smallest absolute Gasteiger partial charge is 0.141 e. The number of halogens is 2. The Morgan fingerprint density at radius 3 is 2.67 bits per heavy atom. The maximum absolute atomic E-state index is 13.5. The van der Waals surface area contributed by atoms with Gasteiger partial charge in [0.2, 0.25) is 0 Å². The minimum absolute atomic E-state index is 0.156. The van der Waals surface area contributed by atoms with Crippen LogP contribution in [0.4, 0.5) is 8.78 Å². The molecule has 0 saturated heterocycles. The molecule has 0 amide bonds. The van der Waals surface area contributed by atoms with Crippen LogP contribution in [0.3, 0.4) is 0 Å². The van der Waals surface area contributed by atoms with Gasteiger partial charge in [-0.15, -0.1) is 0 Å². The van der Waals surface area contributed by atoms with Gasteiger partial charge < -0.3 is 5.73 Å². The summed E-state index contributed by atoms with van der Waals surface area (Å²) in [5, 5.41) is 7.26. The molecule has 0 aliphatic carbocycles. The second-order valence-corrected chi connectivity index (χ2v) is 4.58. The summed E-state index contributed by atoms with van der Waals surface area (Å²) in [4.78, 5) is 4.88. The van der Waals surface area contributed by atoms with Crippen molar-refractivity contribution in [1.82, 2.24) is 4.98 Å². The fourth-order valence-corrected chi connectivity index (χ4v) is 2.15. The molecule has 18 heavy (non-hydrogen) atoms. The second-order valence-electron chi connectivity index (χ2n) is 3.47. The molecule has 92 valence electrons. The van der Waals surface area contributed by atoms with Crippen molar-refractivity contribution in [2.24, 2.45) is 5.73 Å². The lowest BCUT2D eigenvalue weighted by Gasteiger charge is -2.04. The van der Waals surface area contributed by atoms with Gasteiger partial charge in [0.15, 0.2) is 0 Å². The van der Waals surface area contributed by atoms with Crippen molar-refractivity contribution in [2.45, 2.75) is 9.79 Å². The van der Waals surface area contributed by atoms with Crippen molar-refractivity contribution in [1.29, 1.82) is 5.41 Å². The Kier molecular flexibility index (Phi) is 3.57. The van der Waals surface area contributed by atoms with E-state index in [2.05, 4.69) is 4.98 Å². The number of pyridine rings is 1. The molecule has 0 fully saturated rings. The minimum atomic E-state index is -0.624. The highest BCUT2D eigenvalue weighted by molar-refractivity contribution is 7.99. The second kappa shape index (κ2) is 5.14. The lowest BCUT2D eigenvalue weighted by molar-refractivity contribution is 0.565. The molecule has 0 spiro atoms. The zero-order valence-corrected chi connectivity index (χ0v) is 9.97.